The zero-order valence-corrected chi connectivity index (χ0v) is 15.6. The van der Waals surface area contributed by atoms with Gasteiger partial charge >= 0.3 is 0 Å². The molecule has 0 atom stereocenters. The van der Waals surface area contributed by atoms with Crippen LogP contribution in [-0.2, 0) is 9.05 Å². The van der Waals surface area contributed by atoms with E-state index in [0.717, 1.165) is 12.8 Å². The maximum absolute atomic E-state index is 12.4. The second-order valence-corrected chi connectivity index (χ2v) is 9.02. The predicted octanol–water partition coefficient (Wildman–Crippen LogP) is 3.99. The van der Waals surface area contributed by atoms with Crippen LogP contribution in [0.15, 0.2) is 21.5 Å². The van der Waals surface area contributed by atoms with Gasteiger partial charge in [-0.05, 0) is 44.9 Å². The zero-order valence-electron chi connectivity index (χ0n) is 12.5. The van der Waals surface area contributed by atoms with Gasteiger partial charge < -0.3 is 5.32 Å². The lowest BCUT2D eigenvalue weighted by Gasteiger charge is -2.26. The molecule has 0 saturated heterocycles. The normalized spacial score (nSPS) is 12.3. The standard InChI is InChI=1S/C14H19BrClNO3S/c1-5-6-14(3,4)17-13(18)11-7-10(21(16,19)20)8-12(15)9(11)2/h7-8H,5-6H2,1-4H3,(H,17,18). The van der Waals surface area contributed by atoms with Gasteiger partial charge in [-0.3, -0.25) is 4.79 Å². The molecule has 118 valence electrons. The SMILES string of the molecule is CCCC(C)(C)NC(=O)c1cc(S(=O)(=O)Cl)cc(Br)c1C. The maximum atomic E-state index is 12.4. The first kappa shape index (κ1) is 18.5. The van der Waals surface area contributed by atoms with E-state index >= 15 is 0 Å². The van der Waals surface area contributed by atoms with Gasteiger partial charge in [0, 0.05) is 26.3 Å². The molecule has 0 aromatic heterocycles. The van der Waals surface area contributed by atoms with Crippen LogP contribution in [0.25, 0.3) is 0 Å². The lowest BCUT2D eigenvalue weighted by atomic mass is 9.97. The lowest BCUT2D eigenvalue weighted by molar-refractivity contribution is 0.0908. The quantitative estimate of drug-likeness (QED) is 0.765. The van der Waals surface area contributed by atoms with Crippen LogP contribution in [0.1, 0.15) is 49.5 Å². The number of carbonyl (C=O) groups excluding carboxylic acids is 1. The summed E-state index contributed by atoms with van der Waals surface area (Å²) >= 11 is 3.26. The Morgan fingerprint density at radius 2 is 1.95 bits per heavy atom. The highest BCUT2D eigenvalue weighted by molar-refractivity contribution is 9.10. The molecule has 0 spiro atoms. The Morgan fingerprint density at radius 1 is 1.38 bits per heavy atom. The van der Waals surface area contributed by atoms with Crippen LogP contribution < -0.4 is 5.32 Å². The fourth-order valence-corrected chi connectivity index (χ4v) is 3.49. The molecule has 0 heterocycles. The van der Waals surface area contributed by atoms with Crippen LogP contribution in [0.2, 0.25) is 0 Å². The van der Waals surface area contributed by atoms with E-state index in [4.69, 9.17) is 10.7 Å². The number of rotatable bonds is 5. The molecule has 1 aromatic carbocycles. The smallest absolute Gasteiger partial charge is 0.261 e. The van der Waals surface area contributed by atoms with Crippen molar-refractivity contribution in [1.82, 2.24) is 5.32 Å². The zero-order chi connectivity index (χ0) is 16.4. The van der Waals surface area contributed by atoms with Crippen LogP contribution >= 0.6 is 26.6 Å². The van der Waals surface area contributed by atoms with Crippen molar-refractivity contribution >= 4 is 41.6 Å². The van der Waals surface area contributed by atoms with Gasteiger partial charge in [0.25, 0.3) is 15.0 Å². The van der Waals surface area contributed by atoms with E-state index in [9.17, 15) is 13.2 Å². The van der Waals surface area contributed by atoms with Crippen molar-refractivity contribution in [2.45, 2.75) is 51.0 Å². The number of hydrogen-bond acceptors (Lipinski definition) is 3. The van der Waals surface area contributed by atoms with Crippen molar-refractivity contribution in [3.63, 3.8) is 0 Å². The summed E-state index contributed by atoms with van der Waals surface area (Å²) in [6.07, 6.45) is 1.76. The van der Waals surface area contributed by atoms with E-state index in [-0.39, 0.29) is 16.3 Å². The second-order valence-electron chi connectivity index (χ2n) is 5.60. The van der Waals surface area contributed by atoms with Crippen LogP contribution in [0.3, 0.4) is 0 Å². The molecular weight excluding hydrogens is 378 g/mol. The van der Waals surface area contributed by atoms with Crippen molar-refractivity contribution in [3.8, 4) is 0 Å². The maximum Gasteiger partial charge on any atom is 0.261 e. The monoisotopic (exact) mass is 395 g/mol. The van der Waals surface area contributed by atoms with Gasteiger partial charge in [-0.15, -0.1) is 0 Å². The van der Waals surface area contributed by atoms with Crippen LogP contribution in [0.4, 0.5) is 0 Å². The Bertz CT molecular complexity index is 656. The summed E-state index contributed by atoms with van der Waals surface area (Å²) in [7, 11) is 1.47. The van der Waals surface area contributed by atoms with Crippen LogP contribution in [0.5, 0.6) is 0 Å². The average Bonchev–Trinajstić information content (AvgIpc) is 2.29. The molecule has 0 aliphatic carbocycles. The van der Waals surface area contributed by atoms with Gasteiger partial charge in [-0.25, -0.2) is 8.42 Å². The third-order valence-electron chi connectivity index (χ3n) is 3.17. The molecule has 0 fully saturated rings. The summed E-state index contributed by atoms with van der Waals surface area (Å²) in [4.78, 5) is 12.3. The lowest BCUT2D eigenvalue weighted by Crippen LogP contribution is -2.43. The molecule has 0 radical (unpaired) electrons. The van der Waals surface area contributed by atoms with Crippen molar-refractivity contribution in [3.05, 3.63) is 27.7 Å². The Labute approximate surface area is 138 Å². The van der Waals surface area contributed by atoms with Gasteiger partial charge in [0.1, 0.15) is 0 Å². The van der Waals surface area contributed by atoms with E-state index in [1.807, 2.05) is 20.8 Å². The highest BCUT2D eigenvalue weighted by Gasteiger charge is 2.23. The molecule has 1 aromatic rings. The number of carbonyl (C=O) groups is 1. The Kier molecular flexibility index (Phi) is 5.86. The topological polar surface area (TPSA) is 63.2 Å². The third kappa shape index (κ3) is 4.97. The van der Waals surface area contributed by atoms with Crippen LogP contribution in [0, 0.1) is 6.92 Å². The average molecular weight is 397 g/mol. The summed E-state index contributed by atoms with van der Waals surface area (Å²) in [5.41, 5.74) is 0.609. The Morgan fingerprint density at radius 3 is 2.43 bits per heavy atom. The largest absolute Gasteiger partial charge is 0.347 e. The van der Waals surface area contributed by atoms with Gasteiger partial charge in [0.15, 0.2) is 0 Å². The molecule has 7 heteroatoms. The minimum atomic E-state index is -3.89. The van der Waals surface area contributed by atoms with Crippen molar-refractivity contribution in [1.29, 1.82) is 0 Å². The number of hydrogen-bond donors (Lipinski definition) is 1. The highest BCUT2D eigenvalue weighted by Crippen LogP contribution is 2.27. The van der Waals surface area contributed by atoms with E-state index in [2.05, 4.69) is 21.2 Å². The molecule has 0 bridgehead atoms. The third-order valence-corrected chi connectivity index (χ3v) is 5.33. The first-order chi connectivity index (χ1) is 9.48. The Hall–Kier alpha value is -0.590. The number of halogens is 2. The Balaban J connectivity index is 3.24. The minimum absolute atomic E-state index is 0.0971. The fourth-order valence-electron chi connectivity index (χ4n) is 2.09. The molecule has 21 heavy (non-hydrogen) atoms. The number of benzene rings is 1. The van der Waals surface area contributed by atoms with Crippen molar-refractivity contribution < 1.29 is 13.2 Å². The van der Waals surface area contributed by atoms with Gasteiger partial charge in [-0.1, -0.05) is 29.3 Å². The number of amides is 1. The summed E-state index contributed by atoms with van der Waals surface area (Å²) < 4.78 is 23.5. The highest BCUT2D eigenvalue weighted by atomic mass is 79.9. The molecule has 0 aliphatic heterocycles. The summed E-state index contributed by atoms with van der Waals surface area (Å²) in [5.74, 6) is -0.311. The summed E-state index contributed by atoms with van der Waals surface area (Å²) in [6, 6.07) is 2.70. The summed E-state index contributed by atoms with van der Waals surface area (Å²) in [5, 5.41) is 2.92. The molecule has 1 N–H and O–H groups in total. The van der Waals surface area contributed by atoms with E-state index in [1.165, 1.54) is 12.1 Å². The molecule has 1 rings (SSSR count). The van der Waals surface area contributed by atoms with E-state index in [0.29, 0.717) is 15.6 Å². The number of nitrogens with one attached hydrogen (secondary N) is 1. The van der Waals surface area contributed by atoms with Gasteiger partial charge in [0.2, 0.25) is 0 Å². The summed E-state index contributed by atoms with van der Waals surface area (Å²) in [6.45, 7) is 7.65. The van der Waals surface area contributed by atoms with Crippen LogP contribution in [-0.4, -0.2) is 19.9 Å². The molecule has 4 nitrogen and oxygen atoms in total. The molecular formula is C14H19BrClNO3S. The van der Waals surface area contributed by atoms with Crippen molar-refractivity contribution in [2.24, 2.45) is 0 Å². The van der Waals surface area contributed by atoms with E-state index < -0.39 is 9.05 Å². The first-order valence-corrected chi connectivity index (χ1v) is 9.65. The molecule has 1 amide bonds. The predicted molar refractivity (Wildman–Crippen MR) is 88.4 cm³/mol. The molecule has 0 aliphatic rings. The van der Waals surface area contributed by atoms with Gasteiger partial charge in [0.05, 0.1) is 4.90 Å². The minimum Gasteiger partial charge on any atom is -0.347 e. The van der Waals surface area contributed by atoms with Crippen molar-refractivity contribution in [2.75, 3.05) is 0 Å². The second kappa shape index (κ2) is 6.67. The molecule has 0 unspecified atom stereocenters. The van der Waals surface area contributed by atoms with Gasteiger partial charge in [-0.2, -0.15) is 0 Å². The fraction of sp³-hybridized carbons (Fsp3) is 0.500. The molecule has 0 saturated carbocycles. The van der Waals surface area contributed by atoms with E-state index in [1.54, 1.807) is 6.92 Å². The first-order valence-electron chi connectivity index (χ1n) is 6.55.